The Kier molecular flexibility index (Phi) is 11.7. The molecule has 7 nitrogen and oxygen atoms in total. The Balaban J connectivity index is 0. The lowest BCUT2D eigenvalue weighted by Gasteiger charge is -2.00. The van der Waals surface area contributed by atoms with Gasteiger partial charge in [-0.25, -0.2) is 0 Å². The molecule has 0 saturated heterocycles. The van der Waals surface area contributed by atoms with E-state index in [1.54, 1.807) is 0 Å². The molecule has 1 aromatic carbocycles. The highest BCUT2D eigenvalue weighted by Gasteiger charge is 1.97. The maximum absolute atomic E-state index is 10.1. The number of halogens is 1. The molecule has 9 heteroatoms. The van der Waals surface area contributed by atoms with Gasteiger partial charge in [0.2, 0.25) is 0 Å². The van der Waals surface area contributed by atoms with Crippen LogP contribution in [0.25, 0.3) is 0 Å². The molecule has 0 heterocycles. The molecule has 1 rings (SSSR count). The van der Waals surface area contributed by atoms with Gasteiger partial charge in [0, 0.05) is 17.4 Å². The molecule has 0 aliphatic rings. The zero-order valence-electron chi connectivity index (χ0n) is 9.74. The predicted molar refractivity (Wildman–Crippen MR) is 79.6 cm³/mol. The van der Waals surface area contributed by atoms with Crippen molar-refractivity contribution in [3.63, 3.8) is 0 Å². The molecule has 1 aromatic rings. The molecule has 6 N–H and O–H groups in total. The van der Waals surface area contributed by atoms with Crippen LogP contribution in [0.1, 0.15) is 0 Å². The van der Waals surface area contributed by atoms with E-state index in [4.69, 9.17) is 5.11 Å². The van der Waals surface area contributed by atoms with Crippen molar-refractivity contribution in [3.8, 4) is 0 Å². The molecular formula is C10H14BrN3O4S. The number of hydrogen-bond donors (Lipinski definition) is 4. The minimum atomic E-state index is -0.853. The van der Waals surface area contributed by atoms with Crippen LogP contribution in [0.4, 0.5) is 15.3 Å². The second-order valence-corrected chi connectivity index (χ2v) is 3.86. The van der Waals surface area contributed by atoms with Crippen molar-refractivity contribution in [1.29, 1.82) is 0 Å². The third-order valence-corrected chi connectivity index (χ3v) is 1.82. The number of para-hydroxylation sites is 1. The SMILES string of the molecule is Br.NC(=O)SC(N)=O.O=C(O)CNc1ccccc1. The second-order valence-electron chi connectivity index (χ2n) is 2.85. The zero-order valence-corrected chi connectivity index (χ0v) is 12.3. The summed E-state index contributed by atoms with van der Waals surface area (Å²) in [6, 6.07) is 9.23. The summed E-state index contributed by atoms with van der Waals surface area (Å²) in [5.41, 5.74) is 9.86. The Bertz CT molecular complexity index is 404. The van der Waals surface area contributed by atoms with Gasteiger partial charge in [-0.15, -0.1) is 17.0 Å². The van der Waals surface area contributed by atoms with Crippen molar-refractivity contribution in [2.24, 2.45) is 11.5 Å². The number of thioether (sulfide) groups is 1. The van der Waals surface area contributed by atoms with Gasteiger partial charge in [0.1, 0.15) is 6.54 Å². The first-order valence-corrected chi connectivity index (χ1v) is 5.51. The first-order chi connectivity index (χ1) is 8.41. The topological polar surface area (TPSA) is 136 Å². The average molecular weight is 352 g/mol. The van der Waals surface area contributed by atoms with Gasteiger partial charge in [-0.3, -0.25) is 14.4 Å². The molecular weight excluding hydrogens is 338 g/mol. The Morgan fingerprint density at radius 3 is 1.89 bits per heavy atom. The molecule has 0 aromatic heterocycles. The number of primary amides is 2. The first kappa shape index (κ1) is 19.6. The van der Waals surface area contributed by atoms with Gasteiger partial charge in [0.15, 0.2) is 0 Å². The molecule has 0 aliphatic heterocycles. The standard InChI is InChI=1S/C8H9NO2.C2H4N2O2S.BrH/c10-8(11)6-9-7-4-2-1-3-5-7;3-1(5)7-2(4)6;/h1-5,9H,6H2,(H,10,11);(H2,3,5)(H2,4,6);1H. The number of rotatable bonds is 3. The Morgan fingerprint density at radius 1 is 1.11 bits per heavy atom. The summed E-state index contributed by atoms with van der Waals surface area (Å²) in [4.78, 5) is 29.5. The van der Waals surface area contributed by atoms with Crippen molar-refractivity contribution in [1.82, 2.24) is 0 Å². The van der Waals surface area contributed by atoms with Crippen LogP contribution in [-0.4, -0.2) is 28.1 Å². The largest absolute Gasteiger partial charge is 0.480 e. The van der Waals surface area contributed by atoms with E-state index in [1.165, 1.54) is 0 Å². The van der Waals surface area contributed by atoms with E-state index in [0.717, 1.165) is 5.69 Å². The number of nitrogens with two attached hydrogens (primary N) is 2. The van der Waals surface area contributed by atoms with Crippen LogP contribution in [0.2, 0.25) is 0 Å². The Hall–Kier alpha value is -1.74. The van der Waals surface area contributed by atoms with Gasteiger partial charge < -0.3 is 21.9 Å². The number of carboxylic acid groups (broad SMARTS) is 1. The van der Waals surface area contributed by atoms with Gasteiger partial charge in [-0.1, -0.05) is 18.2 Å². The summed E-state index contributed by atoms with van der Waals surface area (Å²) in [5, 5.41) is 9.52. The highest BCUT2D eigenvalue weighted by molar-refractivity contribution is 8.93. The average Bonchev–Trinajstić information content (AvgIpc) is 2.26. The van der Waals surface area contributed by atoms with Gasteiger partial charge in [-0.2, -0.15) is 0 Å². The lowest BCUT2D eigenvalue weighted by molar-refractivity contribution is -0.134. The normalized spacial score (nSPS) is 8.21. The van der Waals surface area contributed by atoms with Crippen LogP contribution in [0.15, 0.2) is 30.3 Å². The highest BCUT2D eigenvalue weighted by atomic mass is 79.9. The second kappa shape index (κ2) is 11.4. The predicted octanol–water partition coefficient (Wildman–Crippen LogP) is 1.64. The van der Waals surface area contributed by atoms with E-state index in [1.807, 2.05) is 30.3 Å². The fourth-order valence-corrected chi connectivity index (χ4v) is 1.03. The third-order valence-electron chi connectivity index (χ3n) is 1.42. The molecule has 0 fully saturated rings. The van der Waals surface area contributed by atoms with E-state index < -0.39 is 16.4 Å². The number of carboxylic acids is 1. The molecule has 19 heavy (non-hydrogen) atoms. The summed E-state index contributed by atoms with van der Waals surface area (Å²) < 4.78 is 0. The first-order valence-electron chi connectivity index (χ1n) is 4.69. The number of aliphatic carboxylic acids is 1. The number of benzene rings is 1. The molecule has 0 radical (unpaired) electrons. The van der Waals surface area contributed by atoms with Crippen LogP contribution in [-0.2, 0) is 4.79 Å². The summed E-state index contributed by atoms with van der Waals surface area (Å²) >= 11 is 0.287. The van der Waals surface area contributed by atoms with E-state index in [2.05, 4.69) is 16.8 Å². The van der Waals surface area contributed by atoms with Crippen LogP contribution in [0.3, 0.4) is 0 Å². The lowest BCUT2D eigenvalue weighted by Crippen LogP contribution is -2.11. The number of amides is 2. The van der Waals surface area contributed by atoms with Crippen LogP contribution >= 0.6 is 28.7 Å². The zero-order chi connectivity index (χ0) is 14.0. The summed E-state index contributed by atoms with van der Waals surface area (Å²) in [5.74, 6) is -0.853. The molecule has 0 unspecified atom stereocenters. The van der Waals surface area contributed by atoms with Crippen LogP contribution in [0, 0.1) is 0 Å². The number of anilines is 1. The van der Waals surface area contributed by atoms with Crippen LogP contribution in [0.5, 0.6) is 0 Å². The van der Waals surface area contributed by atoms with E-state index in [0.29, 0.717) is 0 Å². The number of carbonyl (C=O) groups is 3. The van der Waals surface area contributed by atoms with Crippen molar-refractivity contribution < 1.29 is 19.5 Å². The van der Waals surface area contributed by atoms with E-state index in [-0.39, 0.29) is 35.3 Å². The van der Waals surface area contributed by atoms with Crippen molar-refractivity contribution in [3.05, 3.63) is 30.3 Å². The molecule has 0 aliphatic carbocycles. The van der Waals surface area contributed by atoms with Crippen LogP contribution < -0.4 is 16.8 Å². The Morgan fingerprint density at radius 2 is 1.58 bits per heavy atom. The molecule has 0 saturated carbocycles. The summed E-state index contributed by atoms with van der Waals surface area (Å²) in [7, 11) is 0. The highest BCUT2D eigenvalue weighted by Crippen LogP contribution is 2.03. The smallest absolute Gasteiger partial charge is 0.322 e. The lowest BCUT2D eigenvalue weighted by atomic mass is 10.3. The Labute approximate surface area is 124 Å². The van der Waals surface area contributed by atoms with E-state index in [9.17, 15) is 14.4 Å². The molecule has 0 spiro atoms. The minimum absolute atomic E-state index is 0. The van der Waals surface area contributed by atoms with Crippen molar-refractivity contribution in [2.75, 3.05) is 11.9 Å². The number of hydrogen-bond acceptors (Lipinski definition) is 5. The maximum Gasteiger partial charge on any atom is 0.322 e. The van der Waals surface area contributed by atoms with Crippen molar-refractivity contribution >= 4 is 50.9 Å². The summed E-state index contributed by atoms with van der Waals surface area (Å²) in [6.45, 7) is -0.0377. The number of nitrogens with one attached hydrogen (secondary N) is 1. The fourth-order valence-electron chi connectivity index (χ4n) is 0.833. The molecule has 106 valence electrons. The van der Waals surface area contributed by atoms with Gasteiger partial charge in [-0.05, 0) is 12.1 Å². The molecule has 2 amide bonds. The van der Waals surface area contributed by atoms with E-state index >= 15 is 0 Å². The van der Waals surface area contributed by atoms with Gasteiger partial charge in [0.05, 0.1) is 0 Å². The monoisotopic (exact) mass is 351 g/mol. The third kappa shape index (κ3) is 14.2. The molecule has 0 bridgehead atoms. The van der Waals surface area contributed by atoms with Gasteiger partial charge >= 0.3 is 5.97 Å². The van der Waals surface area contributed by atoms with Gasteiger partial charge in [0.25, 0.3) is 10.5 Å². The maximum atomic E-state index is 10.1. The summed E-state index contributed by atoms with van der Waals surface area (Å²) in [6.07, 6.45) is 0. The minimum Gasteiger partial charge on any atom is -0.480 e. The number of carbonyl (C=O) groups excluding carboxylic acids is 2. The van der Waals surface area contributed by atoms with Crippen molar-refractivity contribution in [2.45, 2.75) is 0 Å². The quantitative estimate of drug-likeness (QED) is 0.653. The molecule has 0 atom stereocenters. The fraction of sp³-hybridized carbons (Fsp3) is 0.100.